The van der Waals surface area contributed by atoms with E-state index in [1.165, 1.54) is 37.1 Å². The molecule has 2 aliphatic carbocycles. The number of ether oxygens (including phenoxy) is 2. The molecule has 0 bridgehead atoms. The number of rotatable bonds is 10. The SMILES string of the molecule is Cc1nc(F)c(C)c(O[C@@H](C)c2ccc(-n3cnc(C4CC4)c3)cc2)n1.Cc1nc(N)c(C)c(O[C@@H](C)c2ccc(-n3cnc(C4CC4)c3)cc2)n1.S.S. The van der Waals surface area contributed by atoms with E-state index in [2.05, 4.69) is 71.1 Å². The number of aryl methyl sites for hydroxylation is 2. The van der Waals surface area contributed by atoms with Gasteiger partial charge in [-0.1, -0.05) is 24.3 Å². The molecule has 4 aromatic heterocycles. The third-order valence-corrected chi connectivity index (χ3v) is 9.50. The molecule has 2 saturated carbocycles. The van der Waals surface area contributed by atoms with E-state index in [0.29, 0.717) is 40.7 Å². The molecule has 0 amide bonds. The van der Waals surface area contributed by atoms with Crippen LogP contribution in [0.2, 0.25) is 0 Å². The molecule has 8 rings (SSSR count). The first-order valence-electron chi connectivity index (χ1n) is 17.8. The lowest BCUT2D eigenvalue weighted by molar-refractivity contribution is 0.213. The van der Waals surface area contributed by atoms with Gasteiger partial charge in [-0.3, -0.25) is 0 Å². The van der Waals surface area contributed by atoms with Crippen LogP contribution in [0.5, 0.6) is 11.8 Å². The topological polar surface area (TPSA) is 132 Å². The Balaban J connectivity index is 0.000000200. The molecule has 0 spiro atoms. The second-order valence-electron chi connectivity index (χ2n) is 13.7. The largest absolute Gasteiger partial charge is 0.469 e. The molecule has 284 valence electrons. The summed E-state index contributed by atoms with van der Waals surface area (Å²) >= 11 is 0. The predicted octanol–water partition coefficient (Wildman–Crippen LogP) is 8.54. The first kappa shape index (κ1) is 40.2. The zero-order valence-electron chi connectivity index (χ0n) is 31.4. The van der Waals surface area contributed by atoms with E-state index in [1.807, 2.05) is 69.2 Å². The van der Waals surface area contributed by atoms with Crippen molar-refractivity contribution >= 4 is 32.8 Å². The van der Waals surface area contributed by atoms with Gasteiger partial charge in [-0.15, -0.1) is 0 Å². The van der Waals surface area contributed by atoms with Gasteiger partial charge in [-0.05, 0) is 103 Å². The fourth-order valence-corrected chi connectivity index (χ4v) is 5.87. The van der Waals surface area contributed by atoms with Gasteiger partial charge >= 0.3 is 0 Å². The quantitative estimate of drug-likeness (QED) is 0.136. The molecule has 2 atom stereocenters. The fraction of sp³-hybridized carbons (Fsp3) is 0.350. The van der Waals surface area contributed by atoms with Crippen LogP contribution >= 0.6 is 27.0 Å². The highest BCUT2D eigenvalue weighted by Gasteiger charge is 2.26. The van der Waals surface area contributed by atoms with Crippen LogP contribution in [-0.4, -0.2) is 39.0 Å². The number of hydrogen-bond acceptors (Lipinski definition) is 9. The third kappa shape index (κ3) is 9.40. The van der Waals surface area contributed by atoms with Crippen LogP contribution in [0.4, 0.5) is 10.2 Å². The number of imidazole rings is 2. The number of nitrogens with two attached hydrogens (primary N) is 1. The zero-order valence-corrected chi connectivity index (χ0v) is 33.4. The molecule has 0 unspecified atom stereocenters. The number of halogens is 1. The molecule has 6 aromatic rings. The van der Waals surface area contributed by atoms with Gasteiger partial charge < -0.3 is 24.3 Å². The van der Waals surface area contributed by atoms with Crippen molar-refractivity contribution < 1.29 is 13.9 Å². The van der Waals surface area contributed by atoms with E-state index in [0.717, 1.165) is 28.1 Å². The molecule has 2 aliphatic rings. The zero-order chi connectivity index (χ0) is 36.5. The minimum atomic E-state index is -0.540. The van der Waals surface area contributed by atoms with E-state index < -0.39 is 5.95 Å². The van der Waals surface area contributed by atoms with Crippen molar-refractivity contribution in [3.05, 3.63) is 125 Å². The number of nitrogen functional groups attached to an aromatic ring is 1. The highest BCUT2D eigenvalue weighted by Crippen LogP contribution is 2.40. The first-order chi connectivity index (χ1) is 25.0. The van der Waals surface area contributed by atoms with E-state index in [-0.39, 0.29) is 45.1 Å². The maximum atomic E-state index is 13.8. The van der Waals surface area contributed by atoms with Crippen LogP contribution in [0.1, 0.15) is 109 Å². The van der Waals surface area contributed by atoms with Crippen LogP contribution in [0.3, 0.4) is 0 Å². The average Bonchev–Trinajstić information content (AvgIpc) is 4.07. The molecule has 0 aliphatic heterocycles. The summed E-state index contributed by atoms with van der Waals surface area (Å²) in [5.74, 6) is 3.02. The maximum absolute atomic E-state index is 13.8. The van der Waals surface area contributed by atoms with Crippen LogP contribution < -0.4 is 15.2 Å². The van der Waals surface area contributed by atoms with Crippen LogP contribution in [0.15, 0.2) is 73.6 Å². The van der Waals surface area contributed by atoms with Crippen molar-refractivity contribution in [2.24, 2.45) is 0 Å². The molecule has 2 aromatic carbocycles. The maximum Gasteiger partial charge on any atom is 0.223 e. The van der Waals surface area contributed by atoms with Crippen LogP contribution in [-0.2, 0) is 0 Å². The molecule has 2 fully saturated rings. The highest BCUT2D eigenvalue weighted by atomic mass is 32.1. The smallest absolute Gasteiger partial charge is 0.223 e. The van der Waals surface area contributed by atoms with E-state index >= 15 is 0 Å². The fourth-order valence-electron chi connectivity index (χ4n) is 5.87. The Morgan fingerprint density at radius 2 is 1.04 bits per heavy atom. The summed E-state index contributed by atoms with van der Waals surface area (Å²) in [5.41, 5.74) is 13.6. The lowest BCUT2D eigenvalue weighted by Crippen LogP contribution is -2.09. The Morgan fingerprint density at radius 3 is 1.46 bits per heavy atom. The van der Waals surface area contributed by atoms with Gasteiger partial charge in [-0.25, -0.2) is 19.9 Å². The minimum Gasteiger partial charge on any atom is -0.469 e. The van der Waals surface area contributed by atoms with Gasteiger partial charge in [0.2, 0.25) is 17.7 Å². The molecule has 2 N–H and O–H groups in total. The van der Waals surface area contributed by atoms with Gasteiger partial charge in [0.05, 0.1) is 35.2 Å². The Morgan fingerprint density at radius 1 is 0.630 bits per heavy atom. The molecule has 11 nitrogen and oxygen atoms in total. The van der Waals surface area contributed by atoms with Crippen molar-refractivity contribution in [2.75, 3.05) is 5.73 Å². The van der Waals surface area contributed by atoms with E-state index in [9.17, 15) is 4.39 Å². The summed E-state index contributed by atoms with van der Waals surface area (Å²) in [6, 6.07) is 16.4. The minimum absolute atomic E-state index is 0. The Labute approximate surface area is 329 Å². The van der Waals surface area contributed by atoms with Gasteiger partial charge in [0.15, 0.2) is 0 Å². The van der Waals surface area contributed by atoms with E-state index in [4.69, 9.17) is 15.2 Å². The standard InChI is InChI=1S/C20H21FN4O.C20H23N5O.2H2S/c2*1-12-19(21)23-14(3)24-20(12)26-13(2)15-6-8-17(9-7-15)25-10-18(22-11-25)16-4-5-16;;/h6-11,13,16H,4-5H2,1-3H3;6-11,13,16H,4-5H2,1-3H3,(H2,21,23,24);2*1H2/t2*13-;;/m00../s1. The van der Waals surface area contributed by atoms with Crippen LogP contribution in [0.25, 0.3) is 11.4 Å². The van der Waals surface area contributed by atoms with Gasteiger partial charge in [-0.2, -0.15) is 41.3 Å². The normalized spacial score (nSPS) is 14.5. The number of anilines is 1. The monoisotopic (exact) mass is 769 g/mol. The summed E-state index contributed by atoms with van der Waals surface area (Å²) in [4.78, 5) is 25.4. The van der Waals surface area contributed by atoms with Crippen LogP contribution in [0, 0.1) is 33.6 Å². The molecule has 0 radical (unpaired) electrons. The first-order valence-corrected chi connectivity index (χ1v) is 17.8. The van der Waals surface area contributed by atoms with Gasteiger partial charge in [0.1, 0.15) is 29.7 Å². The van der Waals surface area contributed by atoms with Crippen molar-refractivity contribution in [3.8, 4) is 23.1 Å². The summed E-state index contributed by atoms with van der Waals surface area (Å²) in [5, 5.41) is 0. The summed E-state index contributed by atoms with van der Waals surface area (Å²) in [7, 11) is 0. The van der Waals surface area contributed by atoms with Gasteiger partial charge in [0.25, 0.3) is 0 Å². The Hall–Kier alpha value is -4.95. The second-order valence-corrected chi connectivity index (χ2v) is 13.7. The average molecular weight is 770 g/mol. The van der Waals surface area contributed by atoms with Crippen molar-refractivity contribution in [1.82, 2.24) is 39.0 Å². The number of benzene rings is 2. The predicted molar refractivity (Wildman–Crippen MR) is 217 cm³/mol. The number of hydrogen-bond donors (Lipinski definition) is 1. The Bertz CT molecular complexity index is 2030. The van der Waals surface area contributed by atoms with Crippen molar-refractivity contribution in [3.63, 3.8) is 0 Å². The van der Waals surface area contributed by atoms with Crippen molar-refractivity contribution in [1.29, 1.82) is 0 Å². The molecule has 4 heterocycles. The summed E-state index contributed by atoms with van der Waals surface area (Å²) in [6.07, 6.45) is 12.6. The number of nitrogens with zero attached hydrogens (tertiary/aromatic N) is 8. The number of aromatic nitrogens is 8. The lowest BCUT2D eigenvalue weighted by atomic mass is 10.1. The second kappa shape index (κ2) is 17.0. The highest BCUT2D eigenvalue weighted by molar-refractivity contribution is 7.59. The summed E-state index contributed by atoms with van der Waals surface area (Å²) < 4.78 is 29.8. The van der Waals surface area contributed by atoms with Crippen molar-refractivity contribution in [2.45, 2.75) is 91.3 Å². The third-order valence-electron chi connectivity index (χ3n) is 9.50. The molecule has 14 heteroatoms. The molecule has 0 saturated heterocycles. The summed E-state index contributed by atoms with van der Waals surface area (Å²) in [6.45, 7) is 10.9. The molecular formula is C40H48FN9O2S2. The van der Waals surface area contributed by atoms with Gasteiger partial charge in [0, 0.05) is 35.6 Å². The molecule has 54 heavy (non-hydrogen) atoms. The molecular weight excluding hydrogens is 722 g/mol. The lowest BCUT2D eigenvalue weighted by Gasteiger charge is -2.17. The van der Waals surface area contributed by atoms with E-state index in [1.54, 1.807) is 13.8 Å². The Kier molecular flexibility index (Phi) is 12.7.